The Kier molecular flexibility index (Phi) is 8.21. The third-order valence-corrected chi connectivity index (χ3v) is 6.67. The number of piperazine rings is 1. The van der Waals surface area contributed by atoms with E-state index in [9.17, 15) is 9.59 Å². The lowest BCUT2D eigenvalue weighted by Gasteiger charge is -2.36. The first kappa shape index (κ1) is 24.9. The Hall–Kier alpha value is -3.16. The highest BCUT2D eigenvalue weighted by atomic mass is 35.5. The molecular formula is C27H32ClN5O2. The number of amides is 1. The number of rotatable bonds is 8. The number of anilines is 1. The average Bonchev–Trinajstić information content (AvgIpc) is 2.88. The first-order valence-corrected chi connectivity index (χ1v) is 12.5. The quantitative estimate of drug-likeness (QED) is 0.478. The van der Waals surface area contributed by atoms with Gasteiger partial charge in [-0.25, -0.2) is 0 Å². The van der Waals surface area contributed by atoms with Crippen LogP contribution in [0.4, 0.5) is 5.69 Å². The molecule has 4 rings (SSSR count). The smallest absolute Gasteiger partial charge is 0.292 e. The van der Waals surface area contributed by atoms with Crippen LogP contribution in [0, 0.1) is 6.92 Å². The van der Waals surface area contributed by atoms with Crippen LogP contribution in [-0.2, 0) is 11.3 Å². The molecule has 1 saturated heterocycles. The molecule has 1 aromatic heterocycles. The Bertz CT molecular complexity index is 1190. The van der Waals surface area contributed by atoms with Gasteiger partial charge in [-0.15, -0.1) is 0 Å². The second kappa shape index (κ2) is 11.5. The van der Waals surface area contributed by atoms with Crippen molar-refractivity contribution in [1.82, 2.24) is 19.6 Å². The fraction of sp³-hybridized carbons (Fsp3) is 0.370. The van der Waals surface area contributed by atoms with E-state index in [1.54, 1.807) is 6.20 Å². The number of carbonyl (C=O) groups excluding carboxylic acids is 1. The highest BCUT2D eigenvalue weighted by Crippen LogP contribution is 2.23. The first-order valence-electron chi connectivity index (χ1n) is 12.1. The number of halogens is 1. The molecule has 3 aromatic rings. The fourth-order valence-corrected chi connectivity index (χ4v) is 4.56. The number of aryl methyl sites for hydroxylation is 1. The highest BCUT2D eigenvalue weighted by Gasteiger charge is 2.24. The largest absolute Gasteiger partial charge is 0.366 e. The molecule has 1 fully saturated rings. The third kappa shape index (κ3) is 6.10. The Balaban J connectivity index is 1.36. The monoisotopic (exact) mass is 493 g/mol. The summed E-state index contributed by atoms with van der Waals surface area (Å²) in [5.74, 6) is 0.144. The highest BCUT2D eigenvalue weighted by molar-refractivity contribution is 6.33. The van der Waals surface area contributed by atoms with Gasteiger partial charge < -0.3 is 9.80 Å². The van der Waals surface area contributed by atoms with Crippen LogP contribution in [0.1, 0.15) is 24.5 Å². The molecule has 0 unspecified atom stereocenters. The summed E-state index contributed by atoms with van der Waals surface area (Å²) in [6.07, 6.45) is 2.58. The van der Waals surface area contributed by atoms with Crippen molar-refractivity contribution in [3.63, 3.8) is 0 Å². The lowest BCUT2D eigenvalue weighted by atomic mass is 10.1. The van der Waals surface area contributed by atoms with Gasteiger partial charge in [-0.05, 0) is 31.0 Å². The Morgan fingerprint density at radius 1 is 1.03 bits per heavy atom. The van der Waals surface area contributed by atoms with Gasteiger partial charge in [0.25, 0.3) is 5.56 Å². The van der Waals surface area contributed by atoms with Gasteiger partial charge in [-0.2, -0.15) is 9.78 Å². The van der Waals surface area contributed by atoms with E-state index in [4.69, 9.17) is 11.6 Å². The molecule has 0 aliphatic carbocycles. The number of aromatic nitrogens is 2. The molecule has 0 atom stereocenters. The summed E-state index contributed by atoms with van der Waals surface area (Å²) in [6, 6.07) is 17.6. The van der Waals surface area contributed by atoms with Gasteiger partial charge >= 0.3 is 0 Å². The molecule has 8 heteroatoms. The summed E-state index contributed by atoms with van der Waals surface area (Å²) in [5.41, 5.74) is 3.35. The average molecular weight is 494 g/mol. The van der Waals surface area contributed by atoms with Gasteiger partial charge in [0.15, 0.2) is 0 Å². The number of para-hydroxylation sites is 1. The Morgan fingerprint density at radius 3 is 2.37 bits per heavy atom. The lowest BCUT2D eigenvalue weighted by molar-refractivity contribution is -0.133. The molecule has 1 aliphatic heterocycles. The molecule has 2 heterocycles. The summed E-state index contributed by atoms with van der Waals surface area (Å²) >= 11 is 6.48. The zero-order valence-electron chi connectivity index (χ0n) is 20.4. The van der Waals surface area contributed by atoms with Crippen LogP contribution >= 0.6 is 11.6 Å². The minimum absolute atomic E-state index is 0.144. The van der Waals surface area contributed by atoms with Crippen molar-refractivity contribution in [2.75, 3.05) is 44.2 Å². The van der Waals surface area contributed by atoms with Crippen molar-refractivity contribution in [2.24, 2.45) is 0 Å². The van der Waals surface area contributed by atoms with Crippen LogP contribution < -0.4 is 10.5 Å². The number of benzene rings is 2. The summed E-state index contributed by atoms with van der Waals surface area (Å²) in [6.45, 7) is 8.71. The molecule has 184 valence electrons. The summed E-state index contributed by atoms with van der Waals surface area (Å²) in [7, 11) is 0. The van der Waals surface area contributed by atoms with Gasteiger partial charge in [-0.3, -0.25) is 14.5 Å². The number of carbonyl (C=O) groups is 1. The number of hydrogen-bond acceptors (Lipinski definition) is 5. The van der Waals surface area contributed by atoms with E-state index in [1.807, 2.05) is 35.2 Å². The topological polar surface area (TPSA) is 61.7 Å². The van der Waals surface area contributed by atoms with Crippen molar-refractivity contribution in [2.45, 2.75) is 26.8 Å². The lowest BCUT2D eigenvalue weighted by Crippen LogP contribution is -2.50. The molecule has 2 aromatic carbocycles. The summed E-state index contributed by atoms with van der Waals surface area (Å²) < 4.78 is 1.32. The predicted molar refractivity (Wildman–Crippen MR) is 140 cm³/mol. The molecule has 1 aliphatic rings. The molecule has 0 bridgehead atoms. The van der Waals surface area contributed by atoms with Gasteiger partial charge in [0.05, 0.1) is 24.1 Å². The molecule has 0 spiro atoms. The van der Waals surface area contributed by atoms with E-state index in [0.717, 1.165) is 18.5 Å². The van der Waals surface area contributed by atoms with Gasteiger partial charge in [-0.1, -0.05) is 66.6 Å². The maximum atomic E-state index is 13.1. The Morgan fingerprint density at radius 2 is 1.71 bits per heavy atom. The zero-order chi connectivity index (χ0) is 24.8. The maximum absolute atomic E-state index is 13.1. The molecule has 0 saturated carbocycles. The molecule has 35 heavy (non-hydrogen) atoms. The fourth-order valence-electron chi connectivity index (χ4n) is 4.31. The second-order valence-electron chi connectivity index (χ2n) is 8.96. The van der Waals surface area contributed by atoms with Crippen LogP contribution in [-0.4, -0.2) is 64.8 Å². The minimum atomic E-state index is -0.334. The maximum Gasteiger partial charge on any atom is 0.292 e. The zero-order valence-corrected chi connectivity index (χ0v) is 21.1. The van der Waals surface area contributed by atoms with E-state index >= 15 is 0 Å². The van der Waals surface area contributed by atoms with Gasteiger partial charge in [0.2, 0.25) is 5.91 Å². The first-order chi connectivity index (χ1) is 17.0. The Labute approximate surface area is 211 Å². The van der Waals surface area contributed by atoms with Crippen LogP contribution in [0.3, 0.4) is 0 Å². The number of nitrogens with zero attached hydrogens (tertiary/aromatic N) is 5. The van der Waals surface area contributed by atoms with E-state index in [0.29, 0.717) is 50.6 Å². The normalized spacial score (nSPS) is 14.2. The SMILES string of the molecule is CCCN(Cc1ccc(C)cc1)C(=O)CN1CCN(c2cnn(-c3ccccc3)c(=O)c2Cl)CC1. The predicted octanol–water partition coefficient (Wildman–Crippen LogP) is 3.76. The molecule has 1 amide bonds. The molecule has 0 N–H and O–H groups in total. The van der Waals surface area contributed by atoms with Crippen LogP contribution in [0.25, 0.3) is 5.69 Å². The second-order valence-corrected chi connectivity index (χ2v) is 9.34. The minimum Gasteiger partial charge on any atom is -0.366 e. The van der Waals surface area contributed by atoms with E-state index in [-0.39, 0.29) is 16.5 Å². The van der Waals surface area contributed by atoms with Crippen molar-refractivity contribution in [3.05, 3.63) is 87.3 Å². The van der Waals surface area contributed by atoms with E-state index in [1.165, 1.54) is 10.2 Å². The van der Waals surface area contributed by atoms with Crippen molar-refractivity contribution in [1.29, 1.82) is 0 Å². The molecule has 7 nitrogen and oxygen atoms in total. The number of hydrogen-bond donors (Lipinski definition) is 0. The third-order valence-electron chi connectivity index (χ3n) is 6.31. The molecule has 0 radical (unpaired) electrons. The van der Waals surface area contributed by atoms with Gasteiger partial charge in [0, 0.05) is 39.3 Å². The van der Waals surface area contributed by atoms with Crippen molar-refractivity contribution in [3.8, 4) is 5.69 Å². The van der Waals surface area contributed by atoms with E-state index in [2.05, 4.69) is 53.0 Å². The summed E-state index contributed by atoms with van der Waals surface area (Å²) in [5, 5.41) is 4.51. The van der Waals surface area contributed by atoms with Crippen LogP contribution in [0.2, 0.25) is 5.02 Å². The summed E-state index contributed by atoms with van der Waals surface area (Å²) in [4.78, 5) is 32.1. The van der Waals surface area contributed by atoms with Crippen molar-refractivity contribution >= 4 is 23.2 Å². The van der Waals surface area contributed by atoms with Crippen molar-refractivity contribution < 1.29 is 4.79 Å². The van der Waals surface area contributed by atoms with Crippen LogP contribution in [0.5, 0.6) is 0 Å². The molecular weight excluding hydrogens is 462 g/mol. The van der Waals surface area contributed by atoms with Gasteiger partial charge in [0.1, 0.15) is 5.02 Å². The standard InChI is InChI=1S/C27H32ClN5O2/c1-3-13-32(19-22-11-9-21(2)10-12-22)25(34)20-30-14-16-31(17-15-30)24-18-29-33(27(35)26(24)28)23-7-5-4-6-8-23/h4-12,18H,3,13-17,19-20H2,1-2H3. The van der Waals surface area contributed by atoms with E-state index < -0.39 is 0 Å². The van der Waals surface area contributed by atoms with Crippen LogP contribution in [0.15, 0.2) is 65.6 Å².